The van der Waals surface area contributed by atoms with Gasteiger partial charge in [0.25, 0.3) is 0 Å². The van der Waals surface area contributed by atoms with E-state index in [-0.39, 0.29) is 6.10 Å². The summed E-state index contributed by atoms with van der Waals surface area (Å²) >= 11 is 0. The predicted octanol–water partition coefficient (Wildman–Crippen LogP) is 1.38. The minimum atomic E-state index is -0.0716. The molecule has 1 aromatic rings. The van der Waals surface area contributed by atoms with E-state index in [1.165, 1.54) is 11.3 Å². The highest BCUT2D eigenvalue weighted by Crippen LogP contribution is 2.19. The van der Waals surface area contributed by atoms with Crippen LogP contribution in [0.5, 0.6) is 0 Å². The highest BCUT2D eigenvalue weighted by Gasteiger charge is 2.19. The van der Waals surface area contributed by atoms with Crippen molar-refractivity contribution < 1.29 is 5.11 Å². The molecular weight excluding hydrogens is 214 g/mol. The molecule has 0 bridgehead atoms. The van der Waals surface area contributed by atoms with E-state index in [9.17, 15) is 5.11 Å². The fraction of sp³-hybridized carbons (Fsp3) is 0.769. The lowest BCUT2D eigenvalue weighted by Crippen LogP contribution is -2.34. The van der Waals surface area contributed by atoms with E-state index in [4.69, 9.17) is 0 Å². The SMILES string of the molecule is CCc1nn(C)cc1CNC1CCC(O)CC1. The molecule has 1 fully saturated rings. The Morgan fingerprint density at radius 3 is 2.76 bits per heavy atom. The van der Waals surface area contributed by atoms with Gasteiger partial charge in [-0.2, -0.15) is 5.10 Å². The van der Waals surface area contributed by atoms with E-state index in [0.717, 1.165) is 38.6 Å². The Morgan fingerprint density at radius 2 is 2.12 bits per heavy atom. The molecule has 17 heavy (non-hydrogen) atoms. The molecule has 0 spiro atoms. The molecule has 1 heterocycles. The highest BCUT2D eigenvalue weighted by atomic mass is 16.3. The highest BCUT2D eigenvalue weighted by molar-refractivity contribution is 5.16. The first-order chi connectivity index (χ1) is 8.19. The third-order valence-electron chi connectivity index (χ3n) is 3.60. The molecule has 1 aliphatic carbocycles. The molecule has 1 aromatic heterocycles. The van der Waals surface area contributed by atoms with Crippen LogP contribution in [0, 0.1) is 0 Å². The third-order valence-corrected chi connectivity index (χ3v) is 3.60. The number of hydrogen-bond acceptors (Lipinski definition) is 3. The second kappa shape index (κ2) is 5.65. The summed E-state index contributed by atoms with van der Waals surface area (Å²) in [5, 5.41) is 17.5. The number of aliphatic hydroxyl groups excluding tert-OH is 1. The van der Waals surface area contributed by atoms with Crippen LogP contribution in [0.4, 0.5) is 0 Å². The lowest BCUT2D eigenvalue weighted by Gasteiger charge is -2.26. The van der Waals surface area contributed by atoms with Crippen molar-refractivity contribution in [1.82, 2.24) is 15.1 Å². The molecule has 0 amide bonds. The lowest BCUT2D eigenvalue weighted by molar-refractivity contribution is 0.116. The van der Waals surface area contributed by atoms with E-state index >= 15 is 0 Å². The summed E-state index contributed by atoms with van der Waals surface area (Å²) in [6.07, 6.45) is 7.06. The molecule has 96 valence electrons. The first kappa shape index (κ1) is 12.6. The van der Waals surface area contributed by atoms with Crippen molar-refractivity contribution in [1.29, 1.82) is 0 Å². The normalized spacial score (nSPS) is 25.1. The molecular formula is C13H23N3O. The first-order valence-corrected chi connectivity index (χ1v) is 6.62. The van der Waals surface area contributed by atoms with Crippen LogP contribution in [-0.2, 0) is 20.0 Å². The van der Waals surface area contributed by atoms with Crippen LogP contribution in [0.25, 0.3) is 0 Å². The zero-order valence-corrected chi connectivity index (χ0v) is 10.8. The summed E-state index contributed by atoms with van der Waals surface area (Å²) in [5.74, 6) is 0. The molecule has 1 aliphatic rings. The fourth-order valence-electron chi connectivity index (χ4n) is 2.56. The maximum Gasteiger partial charge on any atom is 0.0666 e. The first-order valence-electron chi connectivity index (χ1n) is 6.62. The minimum Gasteiger partial charge on any atom is -0.393 e. The van der Waals surface area contributed by atoms with E-state index in [0.29, 0.717) is 6.04 Å². The molecule has 0 radical (unpaired) electrons. The topological polar surface area (TPSA) is 50.1 Å². The zero-order chi connectivity index (χ0) is 12.3. The molecule has 0 aliphatic heterocycles. The summed E-state index contributed by atoms with van der Waals surface area (Å²) in [7, 11) is 1.97. The van der Waals surface area contributed by atoms with E-state index in [1.807, 2.05) is 11.7 Å². The van der Waals surface area contributed by atoms with Crippen LogP contribution in [0.3, 0.4) is 0 Å². The maximum atomic E-state index is 9.46. The number of hydrogen-bond donors (Lipinski definition) is 2. The molecule has 1 saturated carbocycles. The number of nitrogens with zero attached hydrogens (tertiary/aromatic N) is 2. The molecule has 0 aromatic carbocycles. The largest absolute Gasteiger partial charge is 0.393 e. The summed E-state index contributed by atoms with van der Waals surface area (Å²) in [6.45, 7) is 3.04. The van der Waals surface area contributed by atoms with Crippen molar-refractivity contribution in [3.63, 3.8) is 0 Å². The molecule has 0 atom stereocenters. The van der Waals surface area contributed by atoms with Crippen molar-refractivity contribution in [3.05, 3.63) is 17.5 Å². The zero-order valence-electron chi connectivity index (χ0n) is 10.8. The molecule has 2 rings (SSSR count). The molecule has 4 nitrogen and oxygen atoms in total. The molecule has 2 N–H and O–H groups in total. The maximum absolute atomic E-state index is 9.46. The van der Waals surface area contributed by atoms with E-state index in [1.54, 1.807) is 0 Å². The van der Waals surface area contributed by atoms with Crippen LogP contribution < -0.4 is 5.32 Å². The van der Waals surface area contributed by atoms with Gasteiger partial charge in [-0.1, -0.05) is 6.92 Å². The average molecular weight is 237 g/mol. The van der Waals surface area contributed by atoms with Crippen LogP contribution in [0.2, 0.25) is 0 Å². The Kier molecular flexibility index (Phi) is 4.18. The van der Waals surface area contributed by atoms with Gasteiger partial charge in [-0.3, -0.25) is 4.68 Å². The fourth-order valence-corrected chi connectivity index (χ4v) is 2.56. The average Bonchev–Trinajstić information content (AvgIpc) is 2.69. The van der Waals surface area contributed by atoms with Crippen LogP contribution in [-0.4, -0.2) is 27.0 Å². The van der Waals surface area contributed by atoms with Crippen LogP contribution in [0.15, 0.2) is 6.20 Å². The lowest BCUT2D eigenvalue weighted by atomic mass is 9.93. The van der Waals surface area contributed by atoms with Crippen molar-refractivity contribution in [2.45, 2.75) is 57.7 Å². The Hall–Kier alpha value is -0.870. The molecule has 0 saturated heterocycles. The van der Waals surface area contributed by atoms with Gasteiger partial charge in [-0.25, -0.2) is 0 Å². The molecule has 0 unspecified atom stereocenters. The monoisotopic (exact) mass is 237 g/mol. The minimum absolute atomic E-state index is 0.0716. The van der Waals surface area contributed by atoms with Gasteiger partial charge < -0.3 is 10.4 Å². The number of rotatable bonds is 4. The van der Waals surface area contributed by atoms with Gasteiger partial charge >= 0.3 is 0 Å². The quantitative estimate of drug-likeness (QED) is 0.831. The Bertz CT molecular complexity index is 354. The summed E-state index contributed by atoms with van der Waals surface area (Å²) < 4.78 is 1.89. The van der Waals surface area contributed by atoms with Crippen LogP contribution in [0.1, 0.15) is 43.9 Å². The molecule has 4 heteroatoms. The van der Waals surface area contributed by atoms with E-state index < -0.39 is 0 Å². The second-order valence-corrected chi connectivity index (χ2v) is 5.01. The number of aryl methyl sites for hydroxylation is 2. The smallest absolute Gasteiger partial charge is 0.0666 e. The third kappa shape index (κ3) is 3.30. The summed E-state index contributed by atoms with van der Waals surface area (Å²) in [4.78, 5) is 0. The summed E-state index contributed by atoms with van der Waals surface area (Å²) in [5.41, 5.74) is 2.50. The number of aliphatic hydroxyl groups is 1. The van der Waals surface area contributed by atoms with Gasteiger partial charge in [0, 0.05) is 31.4 Å². The van der Waals surface area contributed by atoms with E-state index in [2.05, 4.69) is 23.5 Å². The van der Waals surface area contributed by atoms with Gasteiger partial charge in [0.05, 0.1) is 11.8 Å². The van der Waals surface area contributed by atoms with Gasteiger partial charge in [-0.15, -0.1) is 0 Å². The van der Waals surface area contributed by atoms with Crippen molar-refractivity contribution in [3.8, 4) is 0 Å². The number of aromatic nitrogens is 2. The Balaban J connectivity index is 1.85. The summed E-state index contributed by atoms with van der Waals surface area (Å²) in [6, 6.07) is 0.559. The van der Waals surface area contributed by atoms with Gasteiger partial charge in [-0.05, 0) is 32.1 Å². The Labute approximate surface area is 103 Å². The van der Waals surface area contributed by atoms with Gasteiger partial charge in [0.2, 0.25) is 0 Å². The van der Waals surface area contributed by atoms with Gasteiger partial charge in [0.15, 0.2) is 0 Å². The predicted molar refractivity (Wildman–Crippen MR) is 67.7 cm³/mol. The van der Waals surface area contributed by atoms with Crippen LogP contribution >= 0.6 is 0 Å². The van der Waals surface area contributed by atoms with Gasteiger partial charge in [0.1, 0.15) is 0 Å². The number of nitrogens with one attached hydrogen (secondary N) is 1. The Morgan fingerprint density at radius 1 is 1.41 bits per heavy atom. The second-order valence-electron chi connectivity index (χ2n) is 5.01. The standard InChI is InChI=1S/C13H23N3O/c1-3-13-10(9-16(2)15-13)8-14-11-4-6-12(17)7-5-11/h9,11-12,14,17H,3-8H2,1-2H3. The van der Waals surface area contributed by atoms with Crippen molar-refractivity contribution >= 4 is 0 Å². The van der Waals surface area contributed by atoms with Crippen molar-refractivity contribution in [2.24, 2.45) is 7.05 Å². The van der Waals surface area contributed by atoms with Crippen molar-refractivity contribution in [2.75, 3.05) is 0 Å².